The number of rotatable bonds is 3. The fourth-order valence-electron chi connectivity index (χ4n) is 2.00. The van der Waals surface area contributed by atoms with Gasteiger partial charge in [0.2, 0.25) is 0 Å². The molecule has 0 amide bonds. The van der Waals surface area contributed by atoms with Crippen LogP contribution in [0.25, 0.3) is 11.0 Å². The first-order valence-electron chi connectivity index (χ1n) is 5.43. The number of ether oxygens (including phenoxy) is 1. The summed E-state index contributed by atoms with van der Waals surface area (Å²) in [5.74, 6) is -0.953. The first-order chi connectivity index (χ1) is 8.70. The first kappa shape index (κ1) is 11.5. The largest absolute Gasteiger partial charge is 0.477 e. The summed E-state index contributed by atoms with van der Waals surface area (Å²) in [6, 6.07) is 1.67. The van der Waals surface area contributed by atoms with Gasteiger partial charge < -0.3 is 14.4 Å². The lowest BCUT2D eigenvalue weighted by atomic mass is 10.2. The average molecular weight is 265 g/mol. The number of carboxylic acids is 1. The lowest BCUT2D eigenvalue weighted by Gasteiger charge is -2.28. The average Bonchev–Trinajstić information content (AvgIpc) is 2.66. The van der Waals surface area contributed by atoms with E-state index in [2.05, 4.69) is 9.97 Å². The zero-order valence-electron chi connectivity index (χ0n) is 9.66. The van der Waals surface area contributed by atoms with E-state index >= 15 is 0 Å². The van der Waals surface area contributed by atoms with Crippen LogP contribution in [-0.4, -0.2) is 45.1 Å². The SMILES string of the molecule is CSc1ncc2cc(C(=O)O)n(C3COC3)c2n1. The van der Waals surface area contributed by atoms with Gasteiger partial charge in [-0.15, -0.1) is 0 Å². The topological polar surface area (TPSA) is 77.2 Å². The fourth-order valence-corrected chi connectivity index (χ4v) is 2.33. The summed E-state index contributed by atoms with van der Waals surface area (Å²) in [6.45, 7) is 1.06. The van der Waals surface area contributed by atoms with Gasteiger partial charge in [-0.1, -0.05) is 11.8 Å². The zero-order valence-corrected chi connectivity index (χ0v) is 10.5. The Morgan fingerprint density at radius 3 is 2.94 bits per heavy atom. The predicted octanol–water partition coefficient (Wildman–Crippen LogP) is 1.42. The molecule has 0 radical (unpaired) electrons. The molecule has 1 N–H and O–H groups in total. The third kappa shape index (κ3) is 1.67. The molecule has 0 aromatic carbocycles. The number of thioether (sulfide) groups is 1. The minimum Gasteiger partial charge on any atom is -0.477 e. The van der Waals surface area contributed by atoms with Crippen LogP contribution in [0.1, 0.15) is 16.5 Å². The normalized spacial score (nSPS) is 15.8. The Bertz CT molecular complexity index is 621. The van der Waals surface area contributed by atoms with Gasteiger partial charge in [0, 0.05) is 11.6 Å². The molecular weight excluding hydrogens is 254 g/mol. The van der Waals surface area contributed by atoms with Crippen LogP contribution >= 0.6 is 11.8 Å². The quantitative estimate of drug-likeness (QED) is 0.668. The molecule has 1 fully saturated rings. The number of hydrogen-bond acceptors (Lipinski definition) is 5. The summed E-state index contributed by atoms with van der Waals surface area (Å²) in [5.41, 5.74) is 0.908. The van der Waals surface area contributed by atoms with Crippen molar-refractivity contribution >= 4 is 28.8 Å². The van der Waals surface area contributed by atoms with Crippen molar-refractivity contribution in [3.8, 4) is 0 Å². The van der Waals surface area contributed by atoms with Gasteiger partial charge in [-0.25, -0.2) is 14.8 Å². The second-order valence-electron chi connectivity index (χ2n) is 4.03. The number of hydrogen-bond donors (Lipinski definition) is 1. The lowest BCUT2D eigenvalue weighted by molar-refractivity contribution is -0.0228. The number of carbonyl (C=O) groups is 1. The van der Waals surface area contributed by atoms with Crippen molar-refractivity contribution in [3.05, 3.63) is 18.0 Å². The van der Waals surface area contributed by atoms with Gasteiger partial charge in [0.1, 0.15) is 11.3 Å². The highest BCUT2D eigenvalue weighted by atomic mass is 32.2. The molecule has 0 aliphatic carbocycles. The van der Waals surface area contributed by atoms with Crippen LogP contribution in [0.15, 0.2) is 17.4 Å². The van der Waals surface area contributed by atoms with E-state index in [9.17, 15) is 9.90 Å². The van der Waals surface area contributed by atoms with Gasteiger partial charge in [0.05, 0.1) is 19.3 Å². The summed E-state index contributed by atoms with van der Waals surface area (Å²) >= 11 is 1.43. The van der Waals surface area contributed by atoms with Gasteiger partial charge in [0.25, 0.3) is 0 Å². The van der Waals surface area contributed by atoms with Gasteiger partial charge in [-0.3, -0.25) is 0 Å². The predicted molar refractivity (Wildman–Crippen MR) is 66.1 cm³/mol. The fraction of sp³-hybridized carbons (Fsp3) is 0.364. The molecule has 94 valence electrons. The molecule has 2 aromatic heterocycles. The van der Waals surface area contributed by atoms with Crippen LogP contribution in [0.5, 0.6) is 0 Å². The van der Waals surface area contributed by atoms with E-state index in [0.717, 1.165) is 5.39 Å². The Kier molecular flexibility index (Phi) is 2.71. The summed E-state index contributed by atoms with van der Waals surface area (Å²) in [7, 11) is 0. The highest BCUT2D eigenvalue weighted by Crippen LogP contribution is 2.27. The molecule has 0 bridgehead atoms. The van der Waals surface area contributed by atoms with Crippen molar-refractivity contribution in [2.45, 2.75) is 11.2 Å². The molecule has 1 aliphatic rings. The maximum Gasteiger partial charge on any atom is 0.352 e. The van der Waals surface area contributed by atoms with Crippen LogP contribution in [0.4, 0.5) is 0 Å². The zero-order chi connectivity index (χ0) is 12.7. The Labute approximate surface area is 107 Å². The Balaban J connectivity index is 2.24. The number of aromatic nitrogens is 3. The highest BCUT2D eigenvalue weighted by Gasteiger charge is 2.27. The van der Waals surface area contributed by atoms with Crippen LogP contribution in [0, 0.1) is 0 Å². The first-order valence-corrected chi connectivity index (χ1v) is 6.66. The number of fused-ring (bicyclic) bond motifs is 1. The minimum absolute atomic E-state index is 0.0539. The van der Waals surface area contributed by atoms with E-state index in [4.69, 9.17) is 4.74 Å². The number of nitrogens with zero attached hydrogens (tertiary/aromatic N) is 3. The summed E-state index contributed by atoms with van der Waals surface area (Å²) in [6.07, 6.45) is 3.55. The Hall–Kier alpha value is -1.60. The third-order valence-electron chi connectivity index (χ3n) is 2.94. The Morgan fingerprint density at radius 2 is 2.39 bits per heavy atom. The number of aromatic carboxylic acids is 1. The second kappa shape index (κ2) is 4.25. The second-order valence-corrected chi connectivity index (χ2v) is 4.81. The molecule has 1 saturated heterocycles. The molecule has 7 heteroatoms. The van der Waals surface area contributed by atoms with Crippen LogP contribution in [-0.2, 0) is 4.74 Å². The van der Waals surface area contributed by atoms with Crippen molar-refractivity contribution in [1.82, 2.24) is 14.5 Å². The molecule has 0 atom stereocenters. The summed E-state index contributed by atoms with van der Waals surface area (Å²) in [4.78, 5) is 19.8. The van der Waals surface area contributed by atoms with Gasteiger partial charge in [-0.2, -0.15) is 0 Å². The van der Waals surface area contributed by atoms with Crippen LogP contribution in [0.3, 0.4) is 0 Å². The van der Waals surface area contributed by atoms with Gasteiger partial charge in [0.15, 0.2) is 5.16 Å². The van der Waals surface area contributed by atoms with E-state index in [1.807, 2.05) is 6.26 Å². The molecule has 6 nitrogen and oxygen atoms in total. The van der Waals surface area contributed by atoms with Crippen LogP contribution in [0.2, 0.25) is 0 Å². The molecular formula is C11H11N3O3S. The van der Waals surface area contributed by atoms with E-state index in [0.29, 0.717) is 24.0 Å². The summed E-state index contributed by atoms with van der Waals surface area (Å²) in [5, 5.41) is 10.6. The molecule has 2 aromatic rings. The van der Waals surface area contributed by atoms with Gasteiger partial charge >= 0.3 is 5.97 Å². The van der Waals surface area contributed by atoms with E-state index in [1.54, 1.807) is 16.8 Å². The smallest absolute Gasteiger partial charge is 0.352 e. The van der Waals surface area contributed by atoms with Crippen molar-refractivity contribution in [1.29, 1.82) is 0 Å². The van der Waals surface area contributed by atoms with E-state index in [1.165, 1.54) is 11.8 Å². The van der Waals surface area contributed by atoms with Gasteiger partial charge in [-0.05, 0) is 12.3 Å². The maximum atomic E-state index is 11.3. The molecule has 0 spiro atoms. The standard InChI is InChI=1S/C11H11N3O3S/c1-18-11-12-3-6-2-8(10(15)16)14(9(6)13-11)7-4-17-5-7/h2-3,7H,4-5H2,1H3,(H,15,16). The van der Waals surface area contributed by atoms with E-state index < -0.39 is 5.97 Å². The molecule has 3 heterocycles. The molecule has 18 heavy (non-hydrogen) atoms. The minimum atomic E-state index is -0.953. The van der Waals surface area contributed by atoms with Crippen molar-refractivity contribution < 1.29 is 14.6 Å². The van der Waals surface area contributed by atoms with Crippen molar-refractivity contribution in [2.75, 3.05) is 19.5 Å². The molecule has 0 saturated carbocycles. The molecule has 3 rings (SSSR count). The Morgan fingerprint density at radius 1 is 1.61 bits per heavy atom. The van der Waals surface area contributed by atoms with E-state index in [-0.39, 0.29) is 11.7 Å². The maximum absolute atomic E-state index is 11.3. The highest BCUT2D eigenvalue weighted by molar-refractivity contribution is 7.98. The summed E-state index contributed by atoms with van der Waals surface area (Å²) < 4.78 is 6.88. The lowest BCUT2D eigenvalue weighted by Crippen LogP contribution is -2.32. The van der Waals surface area contributed by atoms with Crippen molar-refractivity contribution in [2.24, 2.45) is 0 Å². The number of carboxylic acid groups (broad SMARTS) is 1. The van der Waals surface area contributed by atoms with Crippen LogP contribution < -0.4 is 0 Å². The molecule has 1 aliphatic heterocycles. The van der Waals surface area contributed by atoms with Crippen molar-refractivity contribution in [3.63, 3.8) is 0 Å². The third-order valence-corrected chi connectivity index (χ3v) is 3.50. The monoisotopic (exact) mass is 265 g/mol. The molecule has 0 unspecified atom stereocenters.